The normalized spacial score (nSPS) is 17.4. The van der Waals surface area contributed by atoms with Crippen molar-refractivity contribution >= 4 is 27.3 Å². The summed E-state index contributed by atoms with van der Waals surface area (Å²) in [5.74, 6) is 0.703. The number of halogens is 1. The van der Waals surface area contributed by atoms with Crippen LogP contribution in [-0.2, 0) is 6.42 Å². The molecule has 1 aliphatic carbocycles. The van der Waals surface area contributed by atoms with Crippen molar-refractivity contribution in [2.75, 3.05) is 6.61 Å². The van der Waals surface area contributed by atoms with Crippen LogP contribution >= 0.6 is 27.3 Å². The monoisotopic (exact) mass is 261 g/mol. The average molecular weight is 262 g/mol. The Bertz CT molecular complexity index is 296. The van der Waals surface area contributed by atoms with E-state index in [1.54, 1.807) is 11.3 Å². The number of nitrogens with zero attached hydrogens (tertiary/aromatic N) is 1. The van der Waals surface area contributed by atoms with Gasteiger partial charge in [0.05, 0.1) is 5.01 Å². The molecule has 1 aliphatic rings. The molecule has 0 amide bonds. The highest BCUT2D eigenvalue weighted by atomic mass is 79.9. The first-order valence-electron chi connectivity index (χ1n) is 4.57. The van der Waals surface area contributed by atoms with Crippen molar-refractivity contribution in [2.45, 2.75) is 31.6 Å². The molecule has 13 heavy (non-hydrogen) atoms. The van der Waals surface area contributed by atoms with Gasteiger partial charge in [0.25, 0.3) is 0 Å². The van der Waals surface area contributed by atoms with Crippen molar-refractivity contribution < 1.29 is 5.11 Å². The maximum atomic E-state index is 8.82. The van der Waals surface area contributed by atoms with Gasteiger partial charge in [0.1, 0.15) is 4.60 Å². The molecule has 0 aliphatic heterocycles. The molecule has 1 N–H and O–H groups in total. The van der Waals surface area contributed by atoms with Crippen LogP contribution in [0.2, 0.25) is 0 Å². The van der Waals surface area contributed by atoms with Crippen molar-refractivity contribution in [3.63, 3.8) is 0 Å². The molecular formula is C9H12BrNOS. The molecule has 0 unspecified atom stereocenters. The summed E-state index contributed by atoms with van der Waals surface area (Å²) in [6.07, 6.45) is 4.65. The molecule has 0 spiro atoms. The van der Waals surface area contributed by atoms with E-state index in [0.29, 0.717) is 5.92 Å². The molecule has 0 atom stereocenters. The molecule has 4 heteroatoms. The van der Waals surface area contributed by atoms with Gasteiger partial charge in [-0.15, -0.1) is 11.3 Å². The zero-order valence-corrected chi connectivity index (χ0v) is 9.70. The fourth-order valence-corrected chi connectivity index (χ4v) is 3.30. The topological polar surface area (TPSA) is 33.1 Å². The molecule has 1 aromatic heterocycles. The zero-order valence-electron chi connectivity index (χ0n) is 7.29. The van der Waals surface area contributed by atoms with Gasteiger partial charge in [-0.1, -0.05) is 6.42 Å². The summed E-state index contributed by atoms with van der Waals surface area (Å²) >= 11 is 5.18. The molecule has 2 nitrogen and oxygen atoms in total. The SMILES string of the molecule is OCCc1sc(C2CCC2)nc1Br. The average Bonchev–Trinajstić information content (AvgIpc) is 2.30. The summed E-state index contributed by atoms with van der Waals surface area (Å²) in [5, 5.41) is 10.1. The predicted octanol–water partition coefficient (Wildman–Crippen LogP) is 2.71. The van der Waals surface area contributed by atoms with Crippen LogP contribution in [0.25, 0.3) is 0 Å². The van der Waals surface area contributed by atoms with Gasteiger partial charge in [-0.05, 0) is 28.8 Å². The van der Waals surface area contributed by atoms with Crippen LogP contribution < -0.4 is 0 Å². The van der Waals surface area contributed by atoms with Gasteiger partial charge in [-0.2, -0.15) is 0 Å². The number of aliphatic hydroxyl groups excluding tert-OH is 1. The van der Waals surface area contributed by atoms with Crippen molar-refractivity contribution in [1.29, 1.82) is 0 Å². The van der Waals surface area contributed by atoms with Gasteiger partial charge >= 0.3 is 0 Å². The van der Waals surface area contributed by atoms with Crippen LogP contribution in [0.1, 0.15) is 35.1 Å². The van der Waals surface area contributed by atoms with E-state index >= 15 is 0 Å². The number of hydrogen-bond acceptors (Lipinski definition) is 3. The second-order valence-corrected chi connectivity index (χ2v) is 5.23. The Morgan fingerprint density at radius 2 is 2.31 bits per heavy atom. The smallest absolute Gasteiger partial charge is 0.120 e. The molecule has 0 aromatic carbocycles. The number of aliphatic hydroxyl groups is 1. The maximum Gasteiger partial charge on any atom is 0.120 e. The fourth-order valence-electron chi connectivity index (χ4n) is 1.44. The summed E-state index contributed by atoms with van der Waals surface area (Å²) in [4.78, 5) is 5.66. The Labute approximate surface area is 90.1 Å². The Balaban J connectivity index is 2.14. The van der Waals surface area contributed by atoms with Crippen molar-refractivity contribution in [2.24, 2.45) is 0 Å². The molecule has 1 saturated carbocycles. The molecule has 0 radical (unpaired) electrons. The lowest BCUT2D eigenvalue weighted by Crippen LogP contribution is -2.07. The van der Waals surface area contributed by atoms with E-state index in [1.165, 1.54) is 29.1 Å². The quantitative estimate of drug-likeness (QED) is 0.908. The summed E-state index contributed by atoms with van der Waals surface area (Å²) in [6.45, 7) is 0.213. The zero-order chi connectivity index (χ0) is 9.26. The number of aromatic nitrogens is 1. The highest BCUT2D eigenvalue weighted by Gasteiger charge is 2.23. The van der Waals surface area contributed by atoms with Gasteiger partial charge in [0.2, 0.25) is 0 Å². The van der Waals surface area contributed by atoms with E-state index in [1.807, 2.05) is 0 Å². The molecular weight excluding hydrogens is 250 g/mol. The van der Waals surface area contributed by atoms with Crippen molar-refractivity contribution in [3.05, 3.63) is 14.5 Å². The fraction of sp³-hybridized carbons (Fsp3) is 0.667. The van der Waals surface area contributed by atoms with Crippen LogP contribution in [-0.4, -0.2) is 16.7 Å². The van der Waals surface area contributed by atoms with Crippen LogP contribution in [0.5, 0.6) is 0 Å². The minimum Gasteiger partial charge on any atom is -0.396 e. The molecule has 0 bridgehead atoms. The first-order chi connectivity index (χ1) is 6.31. The van der Waals surface area contributed by atoms with Crippen LogP contribution in [0.4, 0.5) is 0 Å². The third kappa shape index (κ3) is 1.95. The summed E-state index contributed by atoms with van der Waals surface area (Å²) in [5.41, 5.74) is 0. The maximum absolute atomic E-state index is 8.82. The van der Waals surface area contributed by atoms with Gasteiger partial charge in [0.15, 0.2) is 0 Å². The minimum atomic E-state index is 0.213. The third-order valence-electron chi connectivity index (χ3n) is 2.46. The van der Waals surface area contributed by atoms with E-state index < -0.39 is 0 Å². The lowest BCUT2D eigenvalue weighted by molar-refractivity contribution is 0.300. The first kappa shape index (κ1) is 9.62. The van der Waals surface area contributed by atoms with Crippen LogP contribution in [0, 0.1) is 0 Å². The van der Waals surface area contributed by atoms with Crippen LogP contribution in [0.3, 0.4) is 0 Å². The second kappa shape index (κ2) is 4.07. The Morgan fingerprint density at radius 3 is 2.85 bits per heavy atom. The Kier molecular flexibility index (Phi) is 3.01. The highest BCUT2D eigenvalue weighted by molar-refractivity contribution is 9.10. The summed E-state index contributed by atoms with van der Waals surface area (Å²) in [7, 11) is 0. The van der Waals surface area contributed by atoms with E-state index in [9.17, 15) is 0 Å². The van der Waals surface area contributed by atoms with Gasteiger partial charge < -0.3 is 5.11 Å². The van der Waals surface area contributed by atoms with E-state index in [-0.39, 0.29) is 6.61 Å². The Hall–Kier alpha value is 0.0700. The minimum absolute atomic E-state index is 0.213. The third-order valence-corrected chi connectivity index (χ3v) is 4.66. The molecule has 72 valence electrons. The number of rotatable bonds is 3. The second-order valence-electron chi connectivity index (χ2n) is 3.37. The highest BCUT2D eigenvalue weighted by Crippen LogP contribution is 2.40. The van der Waals surface area contributed by atoms with E-state index in [0.717, 1.165) is 11.0 Å². The number of thiazole rings is 1. The molecule has 1 heterocycles. The molecule has 1 fully saturated rings. The summed E-state index contributed by atoms with van der Waals surface area (Å²) in [6, 6.07) is 0. The van der Waals surface area contributed by atoms with E-state index in [2.05, 4.69) is 20.9 Å². The first-order valence-corrected chi connectivity index (χ1v) is 6.18. The predicted molar refractivity (Wildman–Crippen MR) is 57.2 cm³/mol. The van der Waals surface area contributed by atoms with Gasteiger partial charge in [0, 0.05) is 23.8 Å². The molecule has 0 saturated heterocycles. The largest absolute Gasteiger partial charge is 0.396 e. The van der Waals surface area contributed by atoms with E-state index in [4.69, 9.17) is 5.11 Å². The van der Waals surface area contributed by atoms with Crippen LogP contribution in [0.15, 0.2) is 4.60 Å². The lowest BCUT2D eigenvalue weighted by Gasteiger charge is -2.22. The number of hydrogen-bond donors (Lipinski definition) is 1. The molecule has 2 rings (SSSR count). The lowest BCUT2D eigenvalue weighted by atomic mass is 9.86. The van der Waals surface area contributed by atoms with Crippen molar-refractivity contribution in [1.82, 2.24) is 4.98 Å². The molecule has 1 aromatic rings. The summed E-state index contributed by atoms with van der Waals surface area (Å²) < 4.78 is 0.938. The Morgan fingerprint density at radius 1 is 1.54 bits per heavy atom. The van der Waals surface area contributed by atoms with Gasteiger partial charge in [-0.25, -0.2) is 4.98 Å². The standard InChI is InChI=1S/C9H12BrNOS/c10-8-7(4-5-12)13-9(11-8)6-2-1-3-6/h6,12H,1-5H2. The van der Waals surface area contributed by atoms with Gasteiger partial charge in [-0.3, -0.25) is 0 Å². The van der Waals surface area contributed by atoms with Crippen molar-refractivity contribution in [3.8, 4) is 0 Å².